The van der Waals surface area contributed by atoms with E-state index in [1.807, 2.05) is 18.7 Å². The van der Waals surface area contributed by atoms with Crippen LogP contribution in [0, 0.1) is 0 Å². The molecule has 3 aromatic rings. The summed E-state index contributed by atoms with van der Waals surface area (Å²) in [6.45, 7) is 6.26. The van der Waals surface area contributed by atoms with Crippen molar-refractivity contribution in [2.45, 2.75) is 52.0 Å². The average molecular weight is 646 g/mol. The Morgan fingerprint density at radius 1 is 0.936 bits per heavy atom. The number of aryl methyl sites for hydroxylation is 2. The van der Waals surface area contributed by atoms with Gasteiger partial charge in [0.15, 0.2) is 11.5 Å². The summed E-state index contributed by atoms with van der Waals surface area (Å²) in [4.78, 5) is 60.0. The lowest BCUT2D eigenvalue weighted by atomic mass is 10.1. The first kappa shape index (κ1) is 33.3. The molecule has 0 saturated carbocycles. The van der Waals surface area contributed by atoms with Gasteiger partial charge in [-0.15, -0.1) is 0 Å². The summed E-state index contributed by atoms with van der Waals surface area (Å²) in [5, 5.41) is 5.69. The number of aromatic nitrogens is 2. The third-order valence-corrected chi connectivity index (χ3v) is 8.52. The fourth-order valence-electron chi connectivity index (χ4n) is 5.98. The minimum atomic E-state index is -0.361. The van der Waals surface area contributed by atoms with E-state index in [-0.39, 0.29) is 42.7 Å². The number of methoxy groups -OCH3 is 1. The van der Waals surface area contributed by atoms with Crippen LogP contribution >= 0.6 is 0 Å². The maximum Gasteiger partial charge on any atom is 0.272 e. The number of benzene rings is 1. The molecule has 0 radical (unpaired) electrons. The van der Waals surface area contributed by atoms with Gasteiger partial charge in [0.05, 0.1) is 42.4 Å². The zero-order chi connectivity index (χ0) is 33.7. The highest BCUT2D eigenvalue weighted by atomic mass is 16.5. The number of rotatable bonds is 12. The SMILES string of the molecule is CC[C@H]1C=Nc2cc(OCCCC(=O)Nc3cc(C(=O)Nc4cc(C(=O)N5CCCC5)n(C)c4)n(C)c3)c(OC)cc2C(=O)N1CC. The molecular weight excluding hydrogens is 602 g/mol. The van der Waals surface area contributed by atoms with Gasteiger partial charge < -0.3 is 39.0 Å². The van der Waals surface area contributed by atoms with Crippen LogP contribution < -0.4 is 20.1 Å². The van der Waals surface area contributed by atoms with Crippen molar-refractivity contribution in [2.75, 3.05) is 44.0 Å². The van der Waals surface area contributed by atoms with Crippen LogP contribution in [0.1, 0.15) is 77.3 Å². The summed E-state index contributed by atoms with van der Waals surface area (Å²) in [6.07, 6.45) is 8.54. The fourth-order valence-corrected chi connectivity index (χ4v) is 5.98. The molecule has 13 nitrogen and oxygen atoms in total. The van der Waals surface area contributed by atoms with Crippen LogP contribution in [0.25, 0.3) is 0 Å². The van der Waals surface area contributed by atoms with Gasteiger partial charge >= 0.3 is 0 Å². The molecule has 0 unspecified atom stereocenters. The standard InChI is InChI=1S/C34H43N7O6/c1-6-24-19-35-26-18-30(29(46-5)17-25(26)33(44)41(24)7-2)47-14-10-11-31(42)36-22-15-27(38(3)20-22)32(43)37-23-16-28(39(4)21-23)34(45)40-12-8-9-13-40/h15-21,24H,6-14H2,1-5H3,(H,36,42)(H,37,43)/t24-/m0/s1. The molecule has 4 amide bonds. The molecule has 1 fully saturated rings. The van der Waals surface area contributed by atoms with Crippen molar-refractivity contribution in [2.24, 2.45) is 19.1 Å². The molecule has 2 aromatic heterocycles. The summed E-state index contributed by atoms with van der Waals surface area (Å²) in [5.41, 5.74) is 2.85. The Bertz CT molecular complexity index is 1680. The second-order valence-electron chi connectivity index (χ2n) is 11.8. The molecule has 2 aliphatic rings. The van der Waals surface area contributed by atoms with E-state index in [4.69, 9.17) is 9.47 Å². The molecule has 250 valence electrons. The van der Waals surface area contributed by atoms with E-state index in [0.717, 1.165) is 32.4 Å². The number of carbonyl (C=O) groups excluding carboxylic acids is 4. The molecule has 13 heteroatoms. The molecule has 47 heavy (non-hydrogen) atoms. The number of ether oxygens (including phenoxy) is 2. The zero-order valence-corrected chi connectivity index (χ0v) is 27.7. The predicted molar refractivity (Wildman–Crippen MR) is 179 cm³/mol. The summed E-state index contributed by atoms with van der Waals surface area (Å²) in [5.74, 6) is 0.126. The number of hydrogen-bond acceptors (Lipinski definition) is 7. The molecule has 2 N–H and O–H groups in total. The van der Waals surface area contributed by atoms with Crippen molar-refractivity contribution in [1.29, 1.82) is 0 Å². The Morgan fingerprint density at radius 3 is 2.30 bits per heavy atom. The lowest BCUT2D eigenvalue weighted by molar-refractivity contribution is -0.116. The van der Waals surface area contributed by atoms with Crippen molar-refractivity contribution >= 4 is 46.9 Å². The second-order valence-corrected chi connectivity index (χ2v) is 11.8. The van der Waals surface area contributed by atoms with Crippen molar-refractivity contribution in [3.05, 3.63) is 53.6 Å². The minimum absolute atomic E-state index is 0.0452. The summed E-state index contributed by atoms with van der Waals surface area (Å²) in [6, 6.07) is 6.56. The van der Waals surface area contributed by atoms with Crippen LogP contribution in [0.15, 0.2) is 41.7 Å². The Hall–Kier alpha value is -5.07. The van der Waals surface area contributed by atoms with Crippen molar-refractivity contribution in [3.63, 3.8) is 0 Å². The smallest absolute Gasteiger partial charge is 0.272 e. The summed E-state index contributed by atoms with van der Waals surface area (Å²) < 4.78 is 14.8. The quantitative estimate of drug-likeness (QED) is 0.276. The first-order valence-electron chi connectivity index (χ1n) is 16.1. The van der Waals surface area contributed by atoms with Gasteiger partial charge in [-0.25, -0.2) is 0 Å². The molecule has 1 saturated heterocycles. The Morgan fingerprint density at radius 2 is 1.62 bits per heavy atom. The molecule has 0 bridgehead atoms. The average Bonchev–Trinajstić information content (AvgIpc) is 3.79. The fraction of sp³-hybridized carbons (Fsp3) is 0.441. The van der Waals surface area contributed by atoms with Gasteiger partial charge in [0, 0.05) is 64.8 Å². The number of aliphatic imine (C=N–C) groups is 1. The summed E-state index contributed by atoms with van der Waals surface area (Å²) in [7, 11) is 5.02. The van der Waals surface area contributed by atoms with Crippen LogP contribution in [0.5, 0.6) is 11.5 Å². The van der Waals surface area contributed by atoms with E-state index in [0.29, 0.717) is 58.5 Å². The molecule has 5 rings (SSSR count). The predicted octanol–water partition coefficient (Wildman–Crippen LogP) is 4.61. The highest BCUT2D eigenvalue weighted by Crippen LogP contribution is 2.37. The molecule has 2 aliphatic heterocycles. The van der Waals surface area contributed by atoms with Crippen molar-refractivity contribution < 1.29 is 28.7 Å². The van der Waals surface area contributed by atoms with Gasteiger partial charge in [-0.2, -0.15) is 0 Å². The molecule has 0 aliphatic carbocycles. The van der Waals surface area contributed by atoms with Gasteiger partial charge in [0.1, 0.15) is 11.4 Å². The highest BCUT2D eigenvalue weighted by molar-refractivity contribution is 6.05. The number of amides is 4. The number of anilines is 2. The molecule has 4 heterocycles. The van der Waals surface area contributed by atoms with Gasteiger partial charge in [0.25, 0.3) is 17.7 Å². The maximum atomic E-state index is 13.2. The van der Waals surface area contributed by atoms with Crippen molar-refractivity contribution in [3.8, 4) is 11.5 Å². The van der Waals surface area contributed by atoms with Gasteiger partial charge in [0.2, 0.25) is 5.91 Å². The normalized spacial score (nSPS) is 15.8. The van der Waals surface area contributed by atoms with E-state index in [9.17, 15) is 19.2 Å². The number of nitrogens with zero attached hydrogens (tertiary/aromatic N) is 5. The van der Waals surface area contributed by atoms with Crippen LogP contribution in [-0.2, 0) is 18.9 Å². The van der Waals surface area contributed by atoms with E-state index in [2.05, 4.69) is 15.6 Å². The number of fused-ring (bicyclic) bond motifs is 1. The van der Waals surface area contributed by atoms with Crippen molar-refractivity contribution in [1.82, 2.24) is 18.9 Å². The molecule has 1 aromatic carbocycles. The number of carbonyl (C=O) groups is 4. The third-order valence-electron chi connectivity index (χ3n) is 8.52. The first-order valence-corrected chi connectivity index (χ1v) is 16.1. The maximum absolute atomic E-state index is 13.2. The third kappa shape index (κ3) is 7.34. The zero-order valence-electron chi connectivity index (χ0n) is 27.7. The van der Waals surface area contributed by atoms with Gasteiger partial charge in [-0.3, -0.25) is 24.2 Å². The molecular formula is C34H43N7O6. The second kappa shape index (κ2) is 14.6. The van der Waals surface area contributed by atoms with Gasteiger partial charge in [-0.1, -0.05) is 6.92 Å². The monoisotopic (exact) mass is 645 g/mol. The van der Waals surface area contributed by atoms with Crippen LogP contribution in [0.2, 0.25) is 0 Å². The highest BCUT2D eigenvalue weighted by Gasteiger charge is 2.28. The van der Waals surface area contributed by atoms with Crippen LogP contribution in [0.3, 0.4) is 0 Å². The lowest BCUT2D eigenvalue weighted by Gasteiger charge is -2.26. The Kier molecular flexibility index (Phi) is 10.3. The van der Waals surface area contributed by atoms with Crippen LogP contribution in [0.4, 0.5) is 17.1 Å². The number of likely N-dealkylation sites (tertiary alicyclic amines) is 1. The van der Waals surface area contributed by atoms with Gasteiger partial charge in [-0.05, 0) is 50.8 Å². The summed E-state index contributed by atoms with van der Waals surface area (Å²) >= 11 is 0. The number of nitrogens with one attached hydrogen (secondary N) is 2. The lowest BCUT2D eigenvalue weighted by Crippen LogP contribution is -2.39. The molecule has 0 spiro atoms. The largest absolute Gasteiger partial charge is 0.493 e. The Labute approximate surface area is 274 Å². The van der Waals surface area contributed by atoms with E-state index in [1.54, 1.807) is 71.0 Å². The topological polar surface area (TPSA) is 140 Å². The molecule has 1 atom stereocenters. The van der Waals surface area contributed by atoms with E-state index in [1.165, 1.54) is 7.11 Å². The minimum Gasteiger partial charge on any atom is -0.493 e. The first-order chi connectivity index (χ1) is 22.6. The van der Waals surface area contributed by atoms with E-state index >= 15 is 0 Å². The number of hydrogen-bond donors (Lipinski definition) is 2. The van der Waals surface area contributed by atoms with E-state index < -0.39 is 0 Å². The Balaban J connectivity index is 1.14. The van der Waals surface area contributed by atoms with Crippen LogP contribution in [-0.4, -0.2) is 88.2 Å².